The summed E-state index contributed by atoms with van der Waals surface area (Å²) in [5, 5.41) is 2.84. The van der Waals surface area contributed by atoms with Gasteiger partial charge in [0.1, 0.15) is 12.3 Å². The highest BCUT2D eigenvalue weighted by molar-refractivity contribution is 7.92. The molecule has 174 valence electrons. The quantitative estimate of drug-likeness (QED) is 0.500. The van der Waals surface area contributed by atoms with Crippen LogP contribution in [-0.4, -0.2) is 27.0 Å². The molecule has 0 aliphatic heterocycles. The van der Waals surface area contributed by atoms with Gasteiger partial charge in [-0.15, -0.1) is 0 Å². The van der Waals surface area contributed by atoms with Crippen molar-refractivity contribution in [2.75, 3.05) is 10.8 Å². The van der Waals surface area contributed by atoms with E-state index in [1.165, 1.54) is 16.4 Å². The Morgan fingerprint density at radius 2 is 1.67 bits per heavy atom. The van der Waals surface area contributed by atoms with Crippen molar-refractivity contribution in [3.05, 3.63) is 89.5 Å². The monoisotopic (exact) mass is 466 g/mol. The molecule has 33 heavy (non-hydrogen) atoms. The zero-order valence-electron chi connectivity index (χ0n) is 19.4. The van der Waals surface area contributed by atoms with E-state index in [0.717, 1.165) is 22.4 Å². The lowest BCUT2D eigenvalue weighted by Gasteiger charge is -2.26. The molecule has 0 saturated heterocycles. The Balaban J connectivity index is 1.83. The van der Waals surface area contributed by atoms with Crippen LogP contribution in [0.25, 0.3) is 0 Å². The van der Waals surface area contributed by atoms with E-state index in [2.05, 4.69) is 5.32 Å². The van der Waals surface area contributed by atoms with Crippen LogP contribution in [0.1, 0.15) is 30.5 Å². The number of anilines is 1. The molecule has 0 heterocycles. The van der Waals surface area contributed by atoms with Crippen LogP contribution in [0.2, 0.25) is 0 Å². The summed E-state index contributed by atoms with van der Waals surface area (Å²) in [7, 11) is -3.94. The molecule has 0 aliphatic rings. The number of nitrogens with zero attached hydrogens (tertiary/aromatic N) is 1. The van der Waals surface area contributed by atoms with Gasteiger partial charge in [-0.25, -0.2) is 8.42 Å². The molecule has 6 nitrogen and oxygen atoms in total. The minimum absolute atomic E-state index is 0.0455. The maximum atomic E-state index is 13.5. The lowest BCUT2D eigenvalue weighted by atomic mass is 10.1. The van der Waals surface area contributed by atoms with E-state index in [-0.39, 0.29) is 24.1 Å². The van der Waals surface area contributed by atoms with E-state index in [4.69, 9.17) is 4.74 Å². The molecule has 0 unspecified atom stereocenters. The molecular formula is C26H30N2O4S. The number of hydrogen-bond acceptors (Lipinski definition) is 4. The Kier molecular flexibility index (Phi) is 7.76. The molecule has 0 fully saturated rings. The Labute approximate surface area is 196 Å². The molecule has 1 amide bonds. The summed E-state index contributed by atoms with van der Waals surface area (Å²) in [6.07, 6.45) is 0.0455. The minimum atomic E-state index is -3.94. The van der Waals surface area contributed by atoms with Crippen molar-refractivity contribution in [2.24, 2.45) is 0 Å². The van der Waals surface area contributed by atoms with Gasteiger partial charge in [-0.1, -0.05) is 42.5 Å². The van der Waals surface area contributed by atoms with E-state index in [0.29, 0.717) is 5.69 Å². The van der Waals surface area contributed by atoms with Crippen molar-refractivity contribution in [1.29, 1.82) is 0 Å². The summed E-state index contributed by atoms with van der Waals surface area (Å²) in [5.41, 5.74) is 3.11. The third kappa shape index (κ3) is 6.14. The number of amides is 1. The molecule has 0 saturated carbocycles. The van der Waals surface area contributed by atoms with Gasteiger partial charge in [0.15, 0.2) is 0 Å². The van der Waals surface area contributed by atoms with Crippen molar-refractivity contribution in [2.45, 2.75) is 45.2 Å². The molecule has 3 rings (SSSR count). The molecule has 0 aromatic heterocycles. The van der Waals surface area contributed by atoms with Crippen molar-refractivity contribution in [1.82, 2.24) is 5.32 Å². The second kappa shape index (κ2) is 10.5. The van der Waals surface area contributed by atoms with Crippen molar-refractivity contribution in [3.8, 4) is 5.75 Å². The molecular weight excluding hydrogens is 436 g/mol. The van der Waals surface area contributed by atoms with Gasteiger partial charge in [-0.3, -0.25) is 9.10 Å². The fourth-order valence-corrected chi connectivity index (χ4v) is 4.91. The van der Waals surface area contributed by atoms with Gasteiger partial charge in [0.25, 0.3) is 10.0 Å². The number of sulfonamides is 1. The van der Waals surface area contributed by atoms with Gasteiger partial charge in [0.2, 0.25) is 5.91 Å². The highest BCUT2D eigenvalue weighted by Gasteiger charge is 2.28. The Hall–Kier alpha value is -3.32. The summed E-state index contributed by atoms with van der Waals surface area (Å²) in [5.74, 6) is 0.325. The van der Waals surface area contributed by atoms with Crippen molar-refractivity contribution < 1.29 is 17.9 Å². The highest BCUT2D eigenvalue weighted by Crippen LogP contribution is 2.28. The zero-order valence-corrected chi connectivity index (χ0v) is 20.2. The number of rotatable bonds is 9. The minimum Gasteiger partial charge on any atom is -0.491 e. The third-order valence-electron chi connectivity index (χ3n) is 5.22. The van der Waals surface area contributed by atoms with Gasteiger partial charge < -0.3 is 10.1 Å². The molecule has 0 aliphatic carbocycles. The van der Waals surface area contributed by atoms with Crippen LogP contribution in [0.15, 0.2) is 77.7 Å². The molecule has 0 radical (unpaired) electrons. The maximum Gasteiger partial charge on any atom is 0.264 e. The van der Waals surface area contributed by atoms with E-state index >= 15 is 0 Å². The first-order chi connectivity index (χ1) is 15.7. The molecule has 3 aromatic carbocycles. The van der Waals surface area contributed by atoms with E-state index in [1.807, 2.05) is 58.0 Å². The topological polar surface area (TPSA) is 75.7 Å². The number of carbonyl (C=O) groups excluding carboxylic acids is 1. The molecule has 0 bridgehead atoms. The average molecular weight is 467 g/mol. The standard InChI is InChI=1S/C26H30N2O4S/c1-19(2)32-23-12-9-11-22(16-23)17-27-26(29)18-28(25-15-8-10-20(3)21(25)4)33(30,31)24-13-6-5-7-14-24/h5-16,19H,17-18H2,1-4H3,(H,27,29). The Bertz CT molecular complexity index is 1210. The average Bonchev–Trinajstić information content (AvgIpc) is 2.78. The summed E-state index contributed by atoms with van der Waals surface area (Å²) >= 11 is 0. The van der Waals surface area contributed by atoms with Crippen LogP contribution in [0.3, 0.4) is 0 Å². The Morgan fingerprint density at radius 1 is 0.970 bits per heavy atom. The van der Waals surface area contributed by atoms with E-state index in [1.54, 1.807) is 30.3 Å². The first-order valence-corrected chi connectivity index (χ1v) is 12.3. The van der Waals surface area contributed by atoms with Crippen molar-refractivity contribution in [3.63, 3.8) is 0 Å². The van der Waals surface area contributed by atoms with Gasteiger partial charge in [0, 0.05) is 6.54 Å². The molecule has 3 aromatic rings. The van der Waals surface area contributed by atoms with Crippen LogP contribution >= 0.6 is 0 Å². The molecule has 1 N–H and O–H groups in total. The summed E-state index contributed by atoms with van der Waals surface area (Å²) in [6, 6.07) is 21.1. The fraction of sp³-hybridized carbons (Fsp3) is 0.269. The second-order valence-corrected chi connectivity index (χ2v) is 10.00. The fourth-order valence-electron chi connectivity index (χ4n) is 3.41. The largest absolute Gasteiger partial charge is 0.491 e. The van der Waals surface area contributed by atoms with E-state index < -0.39 is 15.9 Å². The summed E-state index contributed by atoms with van der Waals surface area (Å²) in [4.78, 5) is 13.0. The van der Waals surface area contributed by atoms with Gasteiger partial charge in [-0.05, 0) is 74.7 Å². The number of aryl methyl sites for hydroxylation is 1. The molecule has 0 spiro atoms. The van der Waals surface area contributed by atoms with Crippen LogP contribution in [0.5, 0.6) is 5.75 Å². The van der Waals surface area contributed by atoms with Crippen LogP contribution in [0.4, 0.5) is 5.69 Å². The number of benzene rings is 3. The maximum absolute atomic E-state index is 13.5. The van der Waals surface area contributed by atoms with Crippen LogP contribution in [0, 0.1) is 13.8 Å². The number of carbonyl (C=O) groups is 1. The predicted octanol–water partition coefficient (Wildman–Crippen LogP) is 4.60. The van der Waals surface area contributed by atoms with Gasteiger partial charge in [0.05, 0.1) is 16.7 Å². The van der Waals surface area contributed by atoms with Gasteiger partial charge in [-0.2, -0.15) is 0 Å². The number of hydrogen-bond donors (Lipinski definition) is 1. The normalized spacial score (nSPS) is 11.3. The summed E-state index contributed by atoms with van der Waals surface area (Å²) in [6.45, 7) is 7.60. The first kappa shape index (κ1) is 24.3. The van der Waals surface area contributed by atoms with Crippen LogP contribution < -0.4 is 14.4 Å². The number of ether oxygens (including phenoxy) is 1. The molecule has 7 heteroatoms. The molecule has 0 atom stereocenters. The highest BCUT2D eigenvalue weighted by atomic mass is 32.2. The van der Waals surface area contributed by atoms with Gasteiger partial charge >= 0.3 is 0 Å². The van der Waals surface area contributed by atoms with Crippen molar-refractivity contribution >= 4 is 21.6 Å². The SMILES string of the molecule is Cc1cccc(N(CC(=O)NCc2cccc(OC(C)C)c2)S(=O)(=O)c2ccccc2)c1C. The lowest BCUT2D eigenvalue weighted by molar-refractivity contribution is -0.119. The predicted molar refractivity (Wildman–Crippen MR) is 131 cm³/mol. The van der Waals surface area contributed by atoms with E-state index in [9.17, 15) is 13.2 Å². The first-order valence-electron chi connectivity index (χ1n) is 10.8. The van der Waals surface area contributed by atoms with Crippen LogP contribution in [-0.2, 0) is 21.4 Å². The third-order valence-corrected chi connectivity index (χ3v) is 7.00. The lowest BCUT2D eigenvalue weighted by Crippen LogP contribution is -2.41. The second-order valence-electron chi connectivity index (χ2n) is 8.13. The Morgan fingerprint density at radius 3 is 2.36 bits per heavy atom. The smallest absolute Gasteiger partial charge is 0.264 e. The number of nitrogens with one attached hydrogen (secondary N) is 1. The zero-order chi connectivity index (χ0) is 24.0. The summed E-state index contributed by atoms with van der Waals surface area (Å²) < 4.78 is 33.8.